The lowest BCUT2D eigenvalue weighted by Crippen LogP contribution is -2.44. The van der Waals surface area contributed by atoms with Crippen molar-refractivity contribution in [2.24, 2.45) is 0 Å². The fraction of sp³-hybridized carbons (Fsp3) is 0.579. The normalized spacial score (nSPS) is 19.2. The molecule has 1 unspecified atom stereocenters. The first kappa shape index (κ1) is 20.3. The highest BCUT2D eigenvalue weighted by atomic mass is 35.5. The van der Waals surface area contributed by atoms with Crippen LogP contribution in [0.2, 0.25) is 0 Å². The molecule has 0 bridgehead atoms. The van der Waals surface area contributed by atoms with Gasteiger partial charge in [-0.05, 0) is 63.9 Å². The molecule has 0 saturated carbocycles. The lowest BCUT2D eigenvalue weighted by atomic mass is 9.86. The minimum atomic E-state index is -0.180. The van der Waals surface area contributed by atoms with E-state index in [1.807, 2.05) is 19.9 Å². The predicted octanol–water partition coefficient (Wildman–Crippen LogP) is 2.71. The third kappa shape index (κ3) is 4.21. The van der Waals surface area contributed by atoms with Crippen LogP contribution in [0, 0.1) is 6.92 Å². The van der Waals surface area contributed by atoms with Crippen molar-refractivity contribution in [3.05, 3.63) is 38.8 Å². The third-order valence-corrected chi connectivity index (χ3v) is 6.62. The fourth-order valence-electron chi connectivity index (χ4n) is 3.97. The number of piperidine rings is 1. The van der Waals surface area contributed by atoms with Gasteiger partial charge in [0.05, 0.1) is 17.2 Å². The largest absolute Gasteiger partial charge is 0.369 e. The van der Waals surface area contributed by atoms with E-state index in [1.54, 1.807) is 11.3 Å². The van der Waals surface area contributed by atoms with Crippen molar-refractivity contribution in [2.75, 3.05) is 19.7 Å². The van der Waals surface area contributed by atoms with Crippen LogP contribution in [0.15, 0.2) is 12.1 Å². The van der Waals surface area contributed by atoms with Crippen LogP contribution < -0.4 is 10.6 Å². The van der Waals surface area contributed by atoms with Gasteiger partial charge in [-0.3, -0.25) is 9.89 Å². The van der Waals surface area contributed by atoms with Gasteiger partial charge in [0.1, 0.15) is 5.60 Å². The van der Waals surface area contributed by atoms with Gasteiger partial charge < -0.3 is 15.4 Å². The second kappa shape index (κ2) is 8.31. The Labute approximate surface area is 169 Å². The number of aryl methyl sites for hydroxylation is 1. The standard InChI is InChI=1S/C19H26N4O2S.ClH/c1-12(9-15-10-13(2)22-23-15)21-18(24)16-11-14-3-8-25-19(17(14)26-16)4-6-20-7-5-19;/h10-12,20H,3-9H2,1-2H3,(H,21,24)(H,22,23);1H. The molecule has 4 heterocycles. The minimum Gasteiger partial charge on any atom is -0.369 e. The molecule has 0 aromatic carbocycles. The Morgan fingerprint density at radius 3 is 2.89 bits per heavy atom. The number of amides is 1. The average Bonchev–Trinajstić information content (AvgIpc) is 3.23. The molecular formula is C19H27ClN4O2S. The number of fused-ring (bicyclic) bond motifs is 2. The summed E-state index contributed by atoms with van der Waals surface area (Å²) < 4.78 is 6.22. The lowest BCUT2D eigenvalue weighted by Gasteiger charge is -2.40. The van der Waals surface area contributed by atoms with Crippen molar-refractivity contribution in [1.29, 1.82) is 0 Å². The molecule has 1 spiro atoms. The second-order valence-corrected chi connectivity index (χ2v) is 8.48. The second-order valence-electron chi connectivity index (χ2n) is 7.43. The topological polar surface area (TPSA) is 79.0 Å². The molecule has 1 fully saturated rings. The summed E-state index contributed by atoms with van der Waals surface area (Å²) in [5.41, 5.74) is 3.13. The molecule has 0 radical (unpaired) electrons. The maximum atomic E-state index is 12.8. The van der Waals surface area contributed by atoms with Gasteiger partial charge in [-0.2, -0.15) is 5.10 Å². The van der Waals surface area contributed by atoms with Crippen LogP contribution in [0.1, 0.15) is 51.3 Å². The third-order valence-electron chi connectivity index (χ3n) is 5.26. The molecule has 4 rings (SSSR count). The molecule has 148 valence electrons. The van der Waals surface area contributed by atoms with Crippen molar-refractivity contribution in [3.8, 4) is 0 Å². The van der Waals surface area contributed by atoms with Crippen LogP contribution in [0.5, 0.6) is 0 Å². The molecule has 2 aliphatic heterocycles. The van der Waals surface area contributed by atoms with E-state index < -0.39 is 0 Å². The highest BCUT2D eigenvalue weighted by Gasteiger charge is 2.41. The molecule has 0 aliphatic carbocycles. The van der Waals surface area contributed by atoms with Crippen molar-refractivity contribution in [2.45, 2.75) is 51.2 Å². The summed E-state index contributed by atoms with van der Waals surface area (Å²) in [5.74, 6) is 0.00763. The summed E-state index contributed by atoms with van der Waals surface area (Å²) in [6.45, 7) is 6.69. The number of aromatic nitrogens is 2. The molecular weight excluding hydrogens is 384 g/mol. The number of carbonyl (C=O) groups is 1. The van der Waals surface area contributed by atoms with Gasteiger partial charge >= 0.3 is 0 Å². The van der Waals surface area contributed by atoms with E-state index in [4.69, 9.17) is 4.74 Å². The Balaban J connectivity index is 0.00000210. The number of nitrogens with zero attached hydrogens (tertiary/aromatic N) is 1. The van der Waals surface area contributed by atoms with Crippen molar-refractivity contribution in [1.82, 2.24) is 20.8 Å². The molecule has 3 N–H and O–H groups in total. The summed E-state index contributed by atoms with van der Waals surface area (Å²) in [6, 6.07) is 4.13. The number of hydrogen-bond acceptors (Lipinski definition) is 5. The zero-order chi connectivity index (χ0) is 18.1. The molecule has 6 nitrogen and oxygen atoms in total. The summed E-state index contributed by atoms with van der Waals surface area (Å²) in [6.07, 6.45) is 3.59. The smallest absolute Gasteiger partial charge is 0.261 e. The number of halogens is 1. The SMILES string of the molecule is Cc1cc(CC(C)NC(=O)c2cc3c(s2)C2(CCNCC2)OCC3)n[nH]1.Cl. The number of nitrogens with one attached hydrogen (secondary N) is 3. The van der Waals surface area contributed by atoms with Crippen molar-refractivity contribution >= 4 is 29.7 Å². The monoisotopic (exact) mass is 410 g/mol. The Hall–Kier alpha value is -1.41. The number of rotatable bonds is 4. The molecule has 2 aromatic rings. The fourth-order valence-corrected chi connectivity index (χ4v) is 5.29. The Morgan fingerprint density at radius 1 is 1.41 bits per heavy atom. The van der Waals surface area contributed by atoms with Gasteiger partial charge in [0.15, 0.2) is 0 Å². The predicted molar refractivity (Wildman–Crippen MR) is 109 cm³/mol. The number of ether oxygens (including phenoxy) is 1. The minimum absolute atomic E-state index is 0. The van der Waals surface area contributed by atoms with Crippen LogP contribution in [-0.2, 0) is 23.2 Å². The van der Waals surface area contributed by atoms with E-state index in [1.165, 1.54) is 10.4 Å². The lowest BCUT2D eigenvalue weighted by molar-refractivity contribution is -0.0771. The summed E-state index contributed by atoms with van der Waals surface area (Å²) in [7, 11) is 0. The summed E-state index contributed by atoms with van der Waals surface area (Å²) >= 11 is 1.61. The zero-order valence-electron chi connectivity index (χ0n) is 15.8. The van der Waals surface area contributed by atoms with E-state index in [2.05, 4.69) is 26.9 Å². The van der Waals surface area contributed by atoms with Crippen LogP contribution in [0.25, 0.3) is 0 Å². The molecule has 1 saturated heterocycles. The first-order valence-corrected chi connectivity index (χ1v) is 10.2. The van der Waals surface area contributed by atoms with Gasteiger partial charge in [0.25, 0.3) is 5.91 Å². The highest BCUT2D eigenvalue weighted by molar-refractivity contribution is 7.14. The van der Waals surface area contributed by atoms with E-state index in [0.29, 0.717) is 0 Å². The van der Waals surface area contributed by atoms with E-state index in [0.717, 1.165) is 61.6 Å². The number of hydrogen-bond donors (Lipinski definition) is 3. The first-order valence-electron chi connectivity index (χ1n) is 9.35. The Bertz CT molecular complexity index is 797. The maximum absolute atomic E-state index is 12.8. The average molecular weight is 411 g/mol. The molecule has 1 amide bonds. The van der Waals surface area contributed by atoms with Crippen molar-refractivity contribution < 1.29 is 9.53 Å². The van der Waals surface area contributed by atoms with Gasteiger partial charge in [0, 0.05) is 23.0 Å². The Morgan fingerprint density at radius 2 is 2.19 bits per heavy atom. The van der Waals surface area contributed by atoms with Gasteiger partial charge in [-0.25, -0.2) is 0 Å². The van der Waals surface area contributed by atoms with Crippen LogP contribution >= 0.6 is 23.7 Å². The van der Waals surface area contributed by atoms with Crippen molar-refractivity contribution in [3.63, 3.8) is 0 Å². The van der Waals surface area contributed by atoms with Crippen LogP contribution in [-0.4, -0.2) is 41.8 Å². The summed E-state index contributed by atoms with van der Waals surface area (Å²) in [5, 5.41) is 13.7. The number of H-pyrrole nitrogens is 1. The van der Waals surface area contributed by atoms with Crippen LogP contribution in [0.4, 0.5) is 0 Å². The van der Waals surface area contributed by atoms with Gasteiger partial charge in [-0.1, -0.05) is 0 Å². The van der Waals surface area contributed by atoms with Gasteiger partial charge in [-0.15, -0.1) is 23.7 Å². The number of thiophene rings is 1. The molecule has 27 heavy (non-hydrogen) atoms. The molecule has 8 heteroatoms. The van der Waals surface area contributed by atoms with Gasteiger partial charge in [0.2, 0.25) is 0 Å². The van der Waals surface area contributed by atoms with Crippen LogP contribution in [0.3, 0.4) is 0 Å². The quantitative estimate of drug-likeness (QED) is 0.724. The Kier molecular flexibility index (Phi) is 6.25. The first-order chi connectivity index (χ1) is 12.6. The molecule has 2 aliphatic rings. The maximum Gasteiger partial charge on any atom is 0.261 e. The van der Waals surface area contributed by atoms with E-state index >= 15 is 0 Å². The summed E-state index contributed by atoms with van der Waals surface area (Å²) in [4.78, 5) is 14.8. The van der Waals surface area contributed by atoms with E-state index in [9.17, 15) is 4.79 Å². The molecule has 1 atom stereocenters. The zero-order valence-corrected chi connectivity index (χ0v) is 17.4. The van der Waals surface area contributed by atoms with E-state index in [-0.39, 0.29) is 30.0 Å². The molecule has 2 aromatic heterocycles. The number of carbonyl (C=O) groups excluding carboxylic acids is 1. The highest BCUT2D eigenvalue weighted by Crippen LogP contribution is 2.44. The number of aromatic amines is 1.